The summed E-state index contributed by atoms with van der Waals surface area (Å²) in [5, 5.41) is 0.846. The molecule has 0 aliphatic heterocycles. The molecule has 0 amide bonds. The van der Waals surface area contributed by atoms with E-state index in [0.29, 0.717) is 0 Å². The van der Waals surface area contributed by atoms with Crippen molar-refractivity contribution in [2.75, 3.05) is 11.5 Å². The fraction of sp³-hybridized carbons (Fsp3) is 0.429. The minimum absolute atomic E-state index is 0.846. The summed E-state index contributed by atoms with van der Waals surface area (Å²) in [7, 11) is 0. The van der Waals surface area contributed by atoms with Crippen LogP contribution in [0.3, 0.4) is 0 Å². The molecule has 0 unspecified atom stereocenters. The first-order valence-electron chi connectivity index (χ1n) is 3.36. The van der Waals surface area contributed by atoms with Crippen molar-refractivity contribution in [2.45, 2.75) is 12.1 Å². The molecular formula is C7H10N2S2. The van der Waals surface area contributed by atoms with Gasteiger partial charge in [-0.3, -0.25) is 0 Å². The third-order valence-electron chi connectivity index (χ3n) is 1.10. The van der Waals surface area contributed by atoms with Gasteiger partial charge in [-0.15, -0.1) is 0 Å². The lowest BCUT2D eigenvalue weighted by Crippen LogP contribution is -1.89. The van der Waals surface area contributed by atoms with E-state index in [4.69, 9.17) is 0 Å². The Labute approximate surface area is 76.2 Å². The summed E-state index contributed by atoms with van der Waals surface area (Å²) in [6, 6.07) is 1.89. The zero-order chi connectivity index (χ0) is 8.10. The third-order valence-corrected chi connectivity index (χ3v) is 2.48. The van der Waals surface area contributed by atoms with E-state index in [1.807, 2.05) is 13.0 Å². The topological polar surface area (TPSA) is 25.8 Å². The number of aromatic nitrogens is 2. The molecule has 0 radical (unpaired) electrons. The molecule has 0 fully saturated rings. The van der Waals surface area contributed by atoms with Gasteiger partial charge in [-0.1, -0.05) is 11.8 Å². The van der Waals surface area contributed by atoms with Crippen LogP contribution >= 0.6 is 24.4 Å². The summed E-state index contributed by atoms with van der Waals surface area (Å²) >= 11 is 5.74. The third kappa shape index (κ3) is 3.12. The Morgan fingerprint density at radius 3 is 3.09 bits per heavy atom. The van der Waals surface area contributed by atoms with E-state index in [1.54, 1.807) is 18.0 Å². The summed E-state index contributed by atoms with van der Waals surface area (Å²) in [5.41, 5.74) is 1.02. The molecule has 0 saturated carbocycles. The average Bonchev–Trinajstić information content (AvgIpc) is 2.01. The molecule has 0 spiro atoms. The normalized spacial score (nSPS) is 10.0. The number of rotatable bonds is 3. The second kappa shape index (κ2) is 4.62. The highest BCUT2D eigenvalue weighted by Crippen LogP contribution is 2.11. The molecule has 0 N–H and O–H groups in total. The number of hydrogen-bond donors (Lipinski definition) is 1. The summed E-state index contributed by atoms with van der Waals surface area (Å²) < 4.78 is 0. The van der Waals surface area contributed by atoms with Crippen LogP contribution in [0.5, 0.6) is 0 Å². The Morgan fingerprint density at radius 2 is 2.45 bits per heavy atom. The van der Waals surface area contributed by atoms with Crippen molar-refractivity contribution in [2.24, 2.45) is 0 Å². The van der Waals surface area contributed by atoms with Crippen LogP contribution in [0, 0.1) is 6.92 Å². The minimum atomic E-state index is 0.846. The van der Waals surface area contributed by atoms with Crippen molar-refractivity contribution < 1.29 is 0 Å². The molecule has 0 saturated heterocycles. The van der Waals surface area contributed by atoms with E-state index in [1.165, 1.54) is 0 Å². The van der Waals surface area contributed by atoms with Crippen molar-refractivity contribution >= 4 is 24.4 Å². The van der Waals surface area contributed by atoms with Gasteiger partial charge in [0.25, 0.3) is 0 Å². The first-order chi connectivity index (χ1) is 5.33. The van der Waals surface area contributed by atoms with Crippen molar-refractivity contribution in [1.82, 2.24) is 9.97 Å². The number of nitrogens with zero attached hydrogens (tertiary/aromatic N) is 2. The second-order valence-corrected chi connectivity index (χ2v) is 3.56. The van der Waals surface area contributed by atoms with Gasteiger partial charge in [-0.05, 0) is 18.7 Å². The Morgan fingerprint density at radius 1 is 1.64 bits per heavy atom. The average molecular weight is 186 g/mol. The molecule has 60 valence electrons. The largest absolute Gasteiger partial charge is 0.231 e. The van der Waals surface area contributed by atoms with Crippen molar-refractivity contribution in [1.29, 1.82) is 0 Å². The predicted octanol–water partition coefficient (Wildman–Crippen LogP) is 1.81. The summed E-state index contributed by atoms with van der Waals surface area (Å²) in [5.74, 6) is 1.83. The van der Waals surface area contributed by atoms with Gasteiger partial charge in [-0.25, -0.2) is 9.97 Å². The summed E-state index contributed by atoms with van der Waals surface area (Å²) in [6.07, 6.45) is 1.78. The summed E-state index contributed by atoms with van der Waals surface area (Å²) in [6.45, 7) is 1.96. The van der Waals surface area contributed by atoms with Gasteiger partial charge in [-0.2, -0.15) is 12.6 Å². The molecule has 2 nitrogen and oxygen atoms in total. The second-order valence-electron chi connectivity index (χ2n) is 2.05. The van der Waals surface area contributed by atoms with Crippen LogP contribution in [0.25, 0.3) is 0 Å². The number of thiol groups is 1. The van der Waals surface area contributed by atoms with Crippen LogP contribution in [0.15, 0.2) is 17.4 Å². The highest BCUT2D eigenvalue weighted by atomic mass is 32.2. The maximum absolute atomic E-state index is 4.23. The van der Waals surface area contributed by atoms with Gasteiger partial charge < -0.3 is 0 Å². The highest BCUT2D eigenvalue weighted by molar-refractivity contribution is 7.99. The number of aryl methyl sites for hydroxylation is 1. The van der Waals surface area contributed by atoms with Crippen molar-refractivity contribution in [3.05, 3.63) is 18.0 Å². The van der Waals surface area contributed by atoms with Crippen LogP contribution in [0.2, 0.25) is 0 Å². The van der Waals surface area contributed by atoms with E-state index < -0.39 is 0 Å². The lowest BCUT2D eigenvalue weighted by Gasteiger charge is -1.96. The smallest absolute Gasteiger partial charge is 0.187 e. The van der Waals surface area contributed by atoms with Gasteiger partial charge in [0.2, 0.25) is 0 Å². The van der Waals surface area contributed by atoms with E-state index in [2.05, 4.69) is 22.6 Å². The van der Waals surface area contributed by atoms with E-state index in [9.17, 15) is 0 Å². The summed E-state index contributed by atoms with van der Waals surface area (Å²) in [4.78, 5) is 8.32. The van der Waals surface area contributed by atoms with Gasteiger partial charge in [0.1, 0.15) is 0 Å². The molecule has 0 bridgehead atoms. The molecule has 0 aliphatic carbocycles. The molecule has 4 heteroatoms. The standard InChI is InChI=1S/C7H10N2S2/c1-6-2-3-8-7(9-6)11-5-4-10/h2-3,10H,4-5H2,1H3. The predicted molar refractivity (Wildman–Crippen MR) is 51.3 cm³/mol. The minimum Gasteiger partial charge on any atom is -0.231 e. The Hall–Kier alpha value is -0.220. The molecule has 1 aromatic rings. The lowest BCUT2D eigenvalue weighted by molar-refractivity contribution is 0.933. The molecule has 0 atom stereocenters. The van der Waals surface area contributed by atoms with Crippen molar-refractivity contribution in [3.8, 4) is 0 Å². The van der Waals surface area contributed by atoms with Gasteiger partial charge >= 0.3 is 0 Å². The molecule has 0 aliphatic rings. The highest BCUT2D eigenvalue weighted by Gasteiger charge is 1.94. The Bertz CT molecular complexity index is 227. The fourth-order valence-corrected chi connectivity index (χ4v) is 1.52. The van der Waals surface area contributed by atoms with Crippen LogP contribution in [-0.4, -0.2) is 21.5 Å². The first-order valence-corrected chi connectivity index (χ1v) is 4.98. The molecule has 1 heterocycles. The van der Waals surface area contributed by atoms with E-state index >= 15 is 0 Å². The van der Waals surface area contributed by atoms with Crippen LogP contribution in [-0.2, 0) is 0 Å². The van der Waals surface area contributed by atoms with E-state index in [0.717, 1.165) is 22.4 Å². The maximum Gasteiger partial charge on any atom is 0.187 e. The van der Waals surface area contributed by atoms with Gasteiger partial charge in [0, 0.05) is 17.6 Å². The number of thioether (sulfide) groups is 1. The first kappa shape index (κ1) is 8.87. The zero-order valence-corrected chi connectivity index (χ0v) is 8.03. The maximum atomic E-state index is 4.23. The van der Waals surface area contributed by atoms with Gasteiger partial charge in [0.15, 0.2) is 5.16 Å². The monoisotopic (exact) mass is 186 g/mol. The molecule has 1 rings (SSSR count). The molecule has 1 aromatic heterocycles. The van der Waals surface area contributed by atoms with Gasteiger partial charge in [0.05, 0.1) is 0 Å². The van der Waals surface area contributed by atoms with Crippen LogP contribution in [0.1, 0.15) is 5.69 Å². The van der Waals surface area contributed by atoms with Crippen molar-refractivity contribution in [3.63, 3.8) is 0 Å². The van der Waals surface area contributed by atoms with Crippen LogP contribution < -0.4 is 0 Å². The Balaban J connectivity index is 2.56. The van der Waals surface area contributed by atoms with Crippen LogP contribution in [0.4, 0.5) is 0 Å². The molecular weight excluding hydrogens is 176 g/mol. The molecule has 0 aromatic carbocycles. The Kier molecular flexibility index (Phi) is 3.72. The fourth-order valence-electron chi connectivity index (χ4n) is 0.632. The quantitative estimate of drug-likeness (QED) is 0.443. The SMILES string of the molecule is Cc1ccnc(SCCS)n1. The lowest BCUT2D eigenvalue weighted by atomic mass is 10.5. The van der Waals surface area contributed by atoms with E-state index in [-0.39, 0.29) is 0 Å². The number of hydrogen-bond acceptors (Lipinski definition) is 4. The molecule has 11 heavy (non-hydrogen) atoms. The zero-order valence-electron chi connectivity index (χ0n) is 6.32.